The number of primary amides is 1. The molecule has 1 aliphatic carbocycles. The van der Waals surface area contributed by atoms with Gasteiger partial charge in [-0.15, -0.1) is 0 Å². The van der Waals surface area contributed by atoms with Gasteiger partial charge in [0.1, 0.15) is 22.9 Å². The minimum Gasteiger partial charge on any atom is -0.376 e. The molecular weight excluding hydrogens is 939 g/mol. The summed E-state index contributed by atoms with van der Waals surface area (Å²) in [5.41, 5.74) is 8.29. The SMILES string of the molecule is Cc1cc(-n2nc3c(c2-n2ccn(-c4ccc5c(cnn5C)c4F)c2=O)[C@H](C)N(C(=O)c2cc4cc([C@H]5CCOC(C)(C)C5)ccc4n2[C@@]2(c4noc(=O)[nH]4)C[C@@H]2C)CC32CCN(C(N)=O)CC2)cc(C)c1F. The van der Waals surface area contributed by atoms with Crippen LogP contribution in [0, 0.1) is 31.4 Å². The molecule has 8 heterocycles. The van der Waals surface area contributed by atoms with E-state index in [0.717, 1.165) is 29.3 Å². The molecule has 0 unspecified atom stereocenters. The van der Waals surface area contributed by atoms with Crippen molar-refractivity contribution in [1.29, 1.82) is 0 Å². The number of urea groups is 1. The number of fused-ring (bicyclic) bond motifs is 4. The molecule has 3 N–H and O–H groups in total. The molecule has 378 valence electrons. The van der Waals surface area contributed by atoms with Gasteiger partial charge in [-0.25, -0.2) is 27.8 Å². The molecule has 4 atom stereocenters. The summed E-state index contributed by atoms with van der Waals surface area (Å²) in [7, 11) is 1.71. The van der Waals surface area contributed by atoms with E-state index >= 15 is 18.4 Å². The molecule has 73 heavy (non-hydrogen) atoms. The summed E-state index contributed by atoms with van der Waals surface area (Å²) >= 11 is 0. The van der Waals surface area contributed by atoms with E-state index in [2.05, 4.69) is 47.3 Å². The zero-order valence-electron chi connectivity index (χ0n) is 41.7. The number of likely N-dealkylation sites (tertiary alicyclic amines) is 1. The first-order chi connectivity index (χ1) is 34.8. The molecule has 0 bridgehead atoms. The van der Waals surface area contributed by atoms with Crippen molar-refractivity contribution in [2.45, 2.75) is 102 Å². The van der Waals surface area contributed by atoms with Crippen molar-refractivity contribution in [3.8, 4) is 17.2 Å². The van der Waals surface area contributed by atoms with Crippen LogP contribution in [-0.4, -0.2) is 97.0 Å². The van der Waals surface area contributed by atoms with Crippen molar-refractivity contribution in [2.24, 2.45) is 18.7 Å². The van der Waals surface area contributed by atoms with Crippen LogP contribution in [0.4, 0.5) is 13.6 Å². The molecule has 2 saturated heterocycles. The van der Waals surface area contributed by atoms with Gasteiger partial charge in [0.25, 0.3) is 5.91 Å². The number of benzene rings is 3. The van der Waals surface area contributed by atoms with Crippen molar-refractivity contribution in [2.75, 3.05) is 26.2 Å². The van der Waals surface area contributed by atoms with Gasteiger partial charge in [-0.1, -0.05) is 18.1 Å². The smallest absolute Gasteiger partial charge is 0.376 e. The molecule has 3 aromatic carbocycles. The first-order valence-corrected chi connectivity index (χ1v) is 24.8. The van der Waals surface area contributed by atoms with Crippen molar-refractivity contribution < 1.29 is 27.6 Å². The number of amides is 3. The average molecular weight is 995 g/mol. The zero-order valence-corrected chi connectivity index (χ0v) is 41.7. The van der Waals surface area contributed by atoms with Crippen LogP contribution in [0.2, 0.25) is 0 Å². The predicted octanol–water partition coefficient (Wildman–Crippen LogP) is 7.31. The van der Waals surface area contributed by atoms with Gasteiger partial charge in [-0.3, -0.25) is 28.1 Å². The topological polar surface area (TPSA) is 202 Å². The molecule has 20 heteroatoms. The van der Waals surface area contributed by atoms with Crippen molar-refractivity contribution in [3.05, 3.63) is 139 Å². The summed E-state index contributed by atoms with van der Waals surface area (Å²) < 4.78 is 50.9. The minimum atomic E-state index is -0.936. The highest BCUT2D eigenvalue weighted by Gasteiger charge is 2.60. The molecule has 1 spiro atoms. The number of nitrogens with two attached hydrogens (primary N) is 1. The number of aryl methyl sites for hydroxylation is 3. The fourth-order valence-corrected chi connectivity index (χ4v) is 12.5. The van der Waals surface area contributed by atoms with Gasteiger partial charge >= 0.3 is 17.5 Å². The Morgan fingerprint density at radius 1 is 0.918 bits per heavy atom. The second-order valence-electron chi connectivity index (χ2n) is 21.5. The number of aromatic nitrogens is 9. The van der Waals surface area contributed by atoms with E-state index in [1.54, 1.807) is 59.6 Å². The Kier molecular flexibility index (Phi) is 10.3. The van der Waals surface area contributed by atoms with Crippen LogP contribution in [0.25, 0.3) is 39.0 Å². The van der Waals surface area contributed by atoms with Crippen molar-refractivity contribution in [1.82, 2.24) is 53.2 Å². The minimum absolute atomic E-state index is 0.00556. The van der Waals surface area contributed by atoms with Gasteiger partial charge < -0.3 is 24.8 Å². The number of nitrogens with zero attached hydrogens (tertiary/aromatic N) is 10. The van der Waals surface area contributed by atoms with Gasteiger partial charge in [0.15, 0.2) is 11.6 Å². The summed E-state index contributed by atoms with van der Waals surface area (Å²) in [6.45, 7) is 12.8. The average Bonchev–Trinajstić information content (AvgIpc) is 4.00. The molecule has 4 aliphatic rings. The number of carbonyl (C=O) groups excluding carboxylic acids is 2. The molecule has 3 fully saturated rings. The Morgan fingerprint density at radius 2 is 1.63 bits per heavy atom. The van der Waals surface area contributed by atoms with Gasteiger partial charge in [0, 0.05) is 67.6 Å². The van der Waals surface area contributed by atoms with Crippen molar-refractivity contribution in [3.63, 3.8) is 0 Å². The molecule has 3 aliphatic heterocycles. The second-order valence-corrected chi connectivity index (χ2v) is 21.5. The van der Waals surface area contributed by atoms with E-state index in [1.807, 2.05) is 29.4 Å². The zero-order chi connectivity index (χ0) is 51.2. The number of carbonyl (C=O) groups is 2. The van der Waals surface area contributed by atoms with E-state index in [-0.39, 0.29) is 65.7 Å². The van der Waals surface area contributed by atoms with Crippen LogP contribution in [-0.2, 0) is 22.7 Å². The molecule has 8 aromatic rings. The van der Waals surface area contributed by atoms with Crippen LogP contribution >= 0.6 is 0 Å². The summed E-state index contributed by atoms with van der Waals surface area (Å²) in [5, 5.41) is 14.9. The second kappa shape index (κ2) is 16.2. The number of aromatic amines is 1. The van der Waals surface area contributed by atoms with Crippen LogP contribution < -0.4 is 17.2 Å². The number of hydrogen-bond donors (Lipinski definition) is 2. The number of halogens is 2. The number of imidazole rings is 1. The summed E-state index contributed by atoms with van der Waals surface area (Å²) in [5.74, 6) is -1.29. The first kappa shape index (κ1) is 46.5. The highest BCUT2D eigenvalue weighted by atomic mass is 19.1. The van der Waals surface area contributed by atoms with E-state index in [9.17, 15) is 9.59 Å². The summed E-state index contributed by atoms with van der Waals surface area (Å²) in [4.78, 5) is 62.9. The van der Waals surface area contributed by atoms with E-state index < -0.39 is 40.3 Å². The van der Waals surface area contributed by atoms with E-state index in [0.29, 0.717) is 71.0 Å². The van der Waals surface area contributed by atoms with E-state index in [4.69, 9.17) is 20.1 Å². The molecule has 0 radical (unpaired) electrons. The highest BCUT2D eigenvalue weighted by molar-refractivity contribution is 6.00. The van der Waals surface area contributed by atoms with E-state index in [1.165, 1.54) is 27.6 Å². The largest absolute Gasteiger partial charge is 0.438 e. The lowest BCUT2D eigenvalue weighted by Crippen LogP contribution is -2.56. The maximum atomic E-state index is 16.4. The first-order valence-electron chi connectivity index (χ1n) is 24.8. The normalized spacial score (nSPS) is 22.4. The van der Waals surface area contributed by atoms with Crippen LogP contribution in [0.5, 0.6) is 0 Å². The quantitative estimate of drug-likeness (QED) is 0.164. The van der Waals surface area contributed by atoms with Gasteiger partial charge in [0.05, 0.1) is 45.8 Å². The summed E-state index contributed by atoms with van der Waals surface area (Å²) in [6, 6.07) is 13.5. The molecular formula is C53H56F2N12O6. The lowest BCUT2D eigenvalue weighted by atomic mass is 9.70. The molecule has 12 rings (SSSR count). The maximum absolute atomic E-state index is 16.4. The Hall–Kier alpha value is -7.61. The third kappa shape index (κ3) is 6.99. The Labute approximate surface area is 416 Å². The molecule has 18 nitrogen and oxygen atoms in total. The molecule has 3 amide bonds. The number of hydrogen-bond acceptors (Lipinski definition) is 9. The Bertz CT molecular complexity index is 3710. The van der Waals surface area contributed by atoms with Gasteiger partial charge in [-0.2, -0.15) is 10.2 Å². The van der Waals surface area contributed by atoms with Crippen LogP contribution in [0.15, 0.2) is 81.2 Å². The molecule has 5 aromatic heterocycles. The molecule has 1 saturated carbocycles. The fraction of sp³-hybridized carbons (Fsp3) is 0.415. The van der Waals surface area contributed by atoms with Crippen LogP contribution in [0.3, 0.4) is 0 Å². The van der Waals surface area contributed by atoms with Gasteiger partial charge in [-0.05, 0) is 138 Å². The number of ether oxygens (including phenoxy) is 1. The number of piperidine rings is 1. The van der Waals surface area contributed by atoms with Crippen molar-refractivity contribution >= 4 is 33.7 Å². The highest BCUT2D eigenvalue weighted by Crippen LogP contribution is 2.57. The standard InChI is InChI=1S/C53H56F2N12O6/c1-28-20-35(21-29(2)42(28)54)67-45(64-18-17-63(50(64)71)39-11-10-38-36(43(39)55)26-57-61(38)7)41-31(4)65(27-52(44(41)59-67)13-15-62(16-14-52)48(56)69)46(68)40-23-34-22-32(33-12-19-72-51(5,6)25-33)8-9-37(34)66(40)53(24-30(53)3)47-58-49(70)73-60-47/h8-11,17-18,20-23,26,30-31,33H,12-16,19,24-25,27H2,1-7H3,(H2,56,69)(H,58,60,70)/t30-,31-,33-,53-/m0/s1. The lowest BCUT2D eigenvalue weighted by molar-refractivity contribution is -0.0592. The third-order valence-corrected chi connectivity index (χ3v) is 16.6. The number of H-pyrrole nitrogens is 1. The summed E-state index contributed by atoms with van der Waals surface area (Å²) in [6.07, 6.45) is 7.40. The Morgan fingerprint density at radius 3 is 2.30 bits per heavy atom. The van der Waals surface area contributed by atoms with Gasteiger partial charge in [0.2, 0.25) is 0 Å². The Balaban J connectivity index is 1.07. The maximum Gasteiger partial charge on any atom is 0.438 e. The third-order valence-electron chi connectivity index (χ3n) is 16.6. The number of rotatable bonds is 7. The monoisotopic (exact) mass is 994 g/mol. The predicted molar refractivity (Wildman–Crippen MR) is 266 cm³/mol. The lowest BCUT2D eigenvalue weighted by Gasteiger charge is -2.48. The number of nitrogens with one attached hydrogen (secondary N) is 1. The van der Waals surface area contributed by atoms with Crippen LogP contribution in [0.1, 0.15) is 116 Å². The fourth-order valence-electron chi connectivity index (χ4n) is 12.5.